The van der Waals surface area contributed by atoms with E-state index in [1.54, 1.807) is 6.20 Å². The molecule has 0 unspecified atom stereocenters. The lowest BCUT2D eigenvalue weighted by atomic mass is 10.1. The Hall–Kier alpha value is -2.40. The average Bonchev–Trinajstić information content (AvgIpc) is 2.68. The second-order valence-corrected chi connectivity index (χ2v) is 8.08. The molecule has 1 saturated heterocycles. The number of carbonyl (C=O) groups is 1. The van der Waals surface area contributed by atoms with Crippen molar-refractivity contribution in [3.63, 3.8) is 0 Å². The highest BCUT2D eigenvalue weighted by atomic mass is 16.2. The van der Waals surface area contributed by atoms with Crippen molar-refractivity contribution in [1.82, 2.24) is 14.8 Å². The van der Waals surface area contributed by atoms with Crippen molar-refractivity contribution in [3.8, 4) is 0 Å². The molecule has 1 aromatic carbocycles. The SMILES string of the molecule is CC(C)CCNc1ncccc1C(=O)N1CCN(Cc2ccccc2)C[C@H]1C. The van der Waals surface area contributed by atoms with Crippen LogP contribution in [0.25, 0.3) is 0 Å². The molecule has 2 heterocycles. The third-order valence-corrected chi connectivity index (χ3v) is 5.27. The second-order valence-electron chi connectivity index (χ2n) is 8.08. The van der Waals surface area contributed by atoms with E-state index in [0.29, 0.717) is 17.3 Å². The fourth-order valence-electron chi connectivity index (χ4n) is 3.67. The van der Waals surface area contributed by atoms with Crippen molar-refractivity contribution in [2.45, 2.75) is 39.8 Å². The number of nitrogens with one attached hydrogen (secondary N) is 1. The van der Waals surface area contributed by atoms with E-state index in [1.807, 2.05) is 23.1 Å². The molecule has 28 heavy (non-hydrogen) atoms. The smallest absolute Gasteiger partial charge is 0.257 e. The molecule has 3 rings (SSSR count). The summed E-state index contributed by atoms with van der Waals surface area (Å²) in [6, 6.07) is 14.4. The van der Waals surface area contributed by atoms with Crippen LogP contribution in [-0.4, -0.2) is 52.9 Å². The van der Waals surface area contributed by atoms with Gasteiger partial charge in [0.15, 0.2) is 0 Å². The highest BCUT2D eigenvalue weighted by Crippen LogP contribution is 2.20. The molecule has 1 aliphatic rings. The van der Waals surface area contributed by atoms with Crippen molar-refractivity contribution in [2.24, 2.45) is 5.92 Å². The van der Waals surface area contributed by atoms with Gasteiger partial charge in [-0.15, -0.1) is 0 Å². The summed E-state index contributed by atoms with van der Waals surface area (Å²) in [4.78, 5) is 22.1. The summed E-state index contributed by atoms with van der Waals surface area (Å²) < 4.78 is 0. The van der Waals surface area contributed by atoms with Crippen LogP contribution in [0.5, 0.6) is 0 Å². The van der Waals surface area contributed by atoms with Crippen molar-refractivity contribution in [1.29, 1.82) is 0 Å². The Morgan fingerprint density at radius 2 is 1.96 bits per heavy atom. The van der Waals surface area contributed by atoms with Gasteiger partial charge < -0.3 is 10.2 Å². The standard InChI is InChI=1S/C23H32N4O/c1-18(2)11-13-25-22-21(10-7-12-24-22)23(28)27-15-14-26(16-19(27)3)17-20-8-5-4-6-9-20/h4-10,12,18-19H,11,13-17H2,1-3H3,(H,24,25)/t19-/m1/s1. The Morgan fingerprint density at radius 1 is 1.18 bits per heavy atom. The van der Waals surface area contributed by atoms with Crippen LogP contribution in [0, 0.1) is 5.92 Å². The van der Waals surface area contributed by atoms with E-state index in [-0.39, 0.29) is 11.9 Å². The number of hydrogen-bond donors (Lipinski definition) is 1. The predicted octanol–water partition coefficient (Wildman–Crippen LogP) is 3.89. The molecule has 0 bridgehead atoms. The van der Waals surface area contributed by atoms with Crippen LogP contribution in [0.4, 0.5) is 5.82 Å². The molecular formula is C23H32N4O. The molecule has 5 heteroatoms. The molecule has 5 nitrogen and oxygen atoms in total. The molecule has 150 valence electrons. The van der Waals surface area contributed by atoms with Crippen LogP contribution in [-0.2, 0) is 6.54 Å². The zero-order valence-electron chi connectivity index (χ0n) is 17.3. The second kappa shape index (κ2) is 9.69. The van der Waals surface area contributed by atoms with Crippen LogP contribution in [0.2, 0.25) is 0 Å². The third kappa shape index (κ3) is 5.32. The molecule has 0 spiro atoms. The first-order chi connectivity index (χ1) is 13.5. The molecule has 1 N–H and O–H groups in total. The van der Waals surface area contributed by atoms with Crippen molar-refractivity contribution in [3.05, 3.63) is 59.8 Å². The Labute approximate surface area is 168 Å². The fraction of sp³-hybridized carbons (Fsp3) is 0.478. The number of benzene rings is 1. The summed E-state index contributed by atoms with van der Waals surface area (Å²) in [5, 5.41) is 3.35. The van der Waals surface area contributed by atoms with E-state index in [4.69, 9.17) is 0 Å². The van der Waals surface area contributed by atoms with E-state index in [9.17, 15) is 4.79 Å². The number of aromatic nitrogens is 1. The number of carbonyl (C=O) groups excluding carboxylic acids is 1. The molecule has 0 radical (unpaired) electrons. The molecule has 1 fully saturated rings. The minimum Gasteiger partial charge on any atom is -0.369 e. The molecular weight excluding hydrogens is 348 g/mol. The maximum absolute atomic E-state index is 13.2. The molecule has 1 amide bonds. The van der Waals surface area contributed by atoms with Crippen molar-refractivity contribution < 1.29 is 4.79 Å². The number of hydrogen-bond acceptors (Lipinski definition) is 4. The highest BCUT2D eigenvalue weighted by molar-refractivity contribution is 5.99. The van der Waals surface area contributed by atoms with Gasteiger partial charge in [-0.25, -0.2) is 4.98 Å². The first kappa shape index (κ1) is 20.3. The number of nitrogens with zero attached hydrogens (tertiary/aromatic N) is 3. The minimum absolute atomic E-state index is 0.0759. The van der Waals surface area contributed by atoms with Crippen LogP contribution in [0.1, 0.15) is 43.1 Å². The summed E-state index contributed by atoms with van der Waals surface area (Å²) in [7, 11) is 0. The monoisotopic (exact) mass is 380 g/mol. The summed E-state index contributed by atoms with van der Waals surface area (Å²) in [5.41, 5.74) is 1.99. The first-order valence-electron chi connectivity index (χ1n) is 10.3. The van der Waals surface area contributed by atoms with Crippen molar-refractivity contribution in [2.75, 3.05) is 31.5 Å². The first-order valence-corrected chi connectivity index (χ1v) is 10.3. The Kier molecular flexibility index (Phi) is 7.04. The maximum Gasteiger partial charge on any atom is 0.257 e. The minimum atomic E-state index is 0.0759. The fourth-order valence-corrected chi connectivity index (χ4v) is 3.67. The van der Waals surface area contributed by atoms with Gasteiger partial charge in [-0.05, 0) is 37.0 Å². The number of anilines is 1. The average molecular weight is 381 g/mol. The van der Waals surface area contributed by atoms with Gasteiger partial charge in [-0.3, -0.25) is 9.69 Å². The van der Waals surface area contributed by atoms with Gasteiger partial charge >= 0.3 is 0 Å². The summed E-state index contributed by atoms with van der Waals surface area (Å²) in [5.74, 6) is 1.40. The van der Waals surface area contributed by atoms with Gasteiger partial charge in [0, 0.05) is 45.0 Å². The lowest BCUT2D eigenvalue weighted by molar-refractivity contribution is 0.0476. The molecule has 1 aliphatic heterocycles. The number of pyridine rings is 1. The Morgan fingerprint density at radius 3 is 2.68 bits per heavy atom. The van der Waals surface area contributed by atoms with Crippen molar-refractivity contribution >= 4 is 11.7 Å². The van der Waals surface area contributed by atoms with Gasteiger partial charge in [0.2, 0.25) is 0 Å². The topological polar surface area (TPSA) is 48.5 Å². The van der Waals surface area contributed by atoms with Crippen LogP contribution >= 0.6 is 0 Å². The van der Waals surface area contributed by atoms with E-state index < -0.39 is 0 Å². The highest BCUT2D eigenvalue weighted by Gasteiger charge is 2.29. The molecule has 1 atom stereocenters. The third-order valence-electron chi connectivity index (χ3n) is 5.27. The summed E-state index contributed by atoms with van der Waals surface area (Å²) >= 11 is 0. The summed E-state index contributed by atoms with van der Waals surface area (Å²) in [6.07, 6.45) is 2.80. The quantitative estimate of drug-likeness (QED) is 0.792. The number of rotatable bonds is 7. The van der Waals surface area contributed by atoms with Gasteiger partial charge in [-0.1, -0.05) is 44.2 Å². The van der Waals surface area contributed by atoms with Crippen LogP contribution in [0.3, 0.4) is 0 Å². The normalized spacial score (nSPS) is 17.7. The van der Waals surface area contributed by atoms with E-state index in [1.165, 1.54) is 5.56 Å². The Bertz CT molecular complexity index is 762. The van der Waals surface area contributed by atoms with E-state index in [2.05, 4.69) is 60.2 Å². The molecule has 1 aromatic heterocycles. The molecule has 0 saturated carbocycles. The molecule has 0 aliphatic carbocycles. The predicted molar refractivity (Wildman–Crippen MR) is 114 cm³/mol. The molecule has 2 aromatic rings. The van der Waals surface area contributed by atoms with E-state index >= 15 is 0 Å². The zero-order valence-corrected chi connectivity index (χ0v) is 17.3. The maximum atomic E-state index is 13.2. The summed E-state index contributed by atoms with van der Waals surface area (Å²) in [6.45, 7) is 10.8. The largest absolute Gasteiger partial charge is 0.369 e. The van der Waals surface area contributed by atoms with Gasteiger partial charge in [0.1, 0.15) is 5.82 Å². The number of amides is 1. The van der Waals surface area contributed by atoms with Crippen LogP contribution < -0.4 is 5.32 Å². The lowest BCUT2D eigenvalue weighted by Gasteiger charge is -2.40. The Balaban J connectivity index is 1.62. The van der Waals surface area contributed by atoms with Gasteiger partial charge in [0.05, 0.1) is 5.56 Å². The van der Waals surface area contributed by atoms with Gasteiger partial charge in [-0.2, -0.15) is 0 Å². The van der Waals surface area contributed by atoms with Gasteiger partial charge in [0.25, 0.3) is 5.91 Å². The van der Waals surface area contributed by atoms with Crippen LogP contribution in [0.15, 0.2) is 48.7 Å². The zero-order chi connectivity index (χ0) is 19.9. The van der Waals surface area contributed by atoms with E-state index in [0.717, 1.165) is 39.1 Å². The number of piperazine rings is 1. The lowest BCUT2D eigenvalue weighted by Crippen LogP contribution is -2.53.